The Kier molecular flexibility index (Phi) is 8.38. The minimum atomic E-state index is -0.834. The Hall–Kier alpha value is -4.45. The Bertz CT molecular complexity index is 1490. The largest absolute Gasteiger partial charge is 0.508 e. The van der Waals surface area contributed by atoms with E-state index in [1.165, 1.54) is 24.1 Å². The highest BCUT2D eigenvalue weighted by Gasteiger charge is 2.21. The zero-order valence-corrected chi connectivity index (χ0v) is 23.1. The van der Waals surface area contributed by atoms with E-state index in [0.717, 1.165) is 5.56 Å². The van der Waals surface area contributed by atoms with Crippen molar-refractivity contribution in [3.8, 4) is 28.5 Å². The van der Waals surface area contributed by atoms with Crippen LogP contribution >= 0.6 is 0 Å². The van der Waals surface area contributed by atoms with Crippen LogP contribution < -0.4 is 4.74 Å². The number of H-pyrrole nitrogens is 1. The highest BCUT2D eigenvalue weighted by atomic mass is 19.1. The van der Waals surface area contributed by atoms with Crippen molar-refractivity contribution in [2.75, 3.05) is 34.4 Å². The quantitative estimate of drug-likeness (QED) is 0.282. The lowest BCUT2D eigenvalue weighted by molar-refractivity contribution is -0.0407. The van der Waals surface area contributed by atoms with Crippen LogP contribution in [0, 0.1) is 5.82 Å². The predicted molar refractivity (Wildman–Crippen MR) is 143 cm³/mol. The number of rotatable bonds is 9. The third-order valence-corrected chi connectivity index (χ3v) is 5.73. The van der Waals surface area contributed by atoms with E-state index in [4.69, 9.17) is 23.5 Å². The van der Waals surface area contributed by atoms with Crippen LogP contribution in [0.15, 0.2) is 47.0 Å². The first kappa shape index (κ1) is 28.6. The van der Waals surface area contributed by atoms with E-state index >= 15 is 0 Å². The first-order valence-corrected chi connectivity index (χ1v) is 12.4. The molecule has 11 nitrogen and oxygen atoms in total. The van der Waals surface area contributed by atoms with Crippen LogP contribution in [0.5, 0.6) is 5.75 Å². The summed E-state index contributed by atoms with van der Waals surface area (Å²) in [5.74, 6) is -0.430. The van der Waals surface area contributed by atoms with Crippen LogP contribution in [0.1, 0.15) is 31.1 Å². The zero-order chi connectivity index (χ0) is 29.0. The number of hydrogen-bond acceptors (Lipinski definition) is 9. The number of carbonyl (C=O) groups excluding carboxylic acids is 2. The lowest BCUT2D eigenvalue weighted by atomic mass is 10.1. The number of nitrogens with one attached hydrogen (secondary N) is 1. The number of benzene rings is 2. The Morgan fingerprint density at radius 3 is 2.48 bits per heavy atom. The van der Waals surface area contributed by atoms with Crippen molar-refractivity contribution in [1.29, 1.82) is 0 Å². The Balaban J connectivity index is 1.44. The van der Waals surface area contributed by atoms with Crippen LogP contribution in [0.2, 0.25) is 0 Å². The molecule has 40 heavy (non-hydrogen) atoms. The van der Waals surface area contributed by atoms with Gasteiger partial charge in [0.05, 0.1) is 5.52 Å². The van der Waals surface area contributed by atoms with Crippen LogP contribution in [0.4, 0.5) is 9.18 Å². The Morgan fingerprint density at radius 1 is 1.10 bits per heavy atom. The third-order valence-electron chi connectivity index (χ3n) is 5.73. The van der Waals surface area contributed by atoms with Gasteiger partial charge in [-0.1, -0.05) is 17.3 Å². The maximum atomic E-state index is 15.0. The molecule has 0 spiro atoms. The van der Waals surface area contributed by atoms with Crippen molar-refractivity contribution < 1.29 is 37.5 Å². The van der Waals surface area contributed by atoms with Crippen molar-refractivity contribution in [1.82, 2.24) is 20.3 Å². The van der Waals surface area contributed by atoms with Gasteiger partial charge in [0, 0.05) is 49.9 Å². The van der Waals surface area contributed by atoms with Gasteiger partial charge in [-0.3, -0.25) is 9.89 Å². The Morgan fingerprint density at radius 2 is 1.82 bits per heavy atom. The molecular weight excluding hydrogens is 523 g/mol. The number of hydrogen-bond donors (Lipinski definition) is 1. The first-order valence-electron chi connectivity index (χ1n) is 12.4. The van der Waals surface area contributed by atoms with Crippen LogP contribution in [-0.4, -0.2) is 78.4 Å². The molecule has 0 aliphatic heterocycles. The highest BCUT2D eigenvalue weighted by Crippen LogP contribution is 2.33. The number of ether oxygens (including phenoxy) is 4. The molecule has 2 heterocycles. The van der Waals surface area contributed by atoms with Gasteiger partial charge < -0.3 is 28.4 Å². The summed E-state index contributed by atoms with van der Waals surface area (Å²) in [6, 6.07) is 11.4. The average Bonchev–Trinajstić information content (AvgIpc) is 3.54. The van der Waals surface area contributed by atoms with Gasteiger partial charge in [0.2, 0.25) is 0 Å². The van der Waals surface area contributed by atoms with Gasteiger partial charge in [0.15, 0.2) is 17.3 Å². The fraction of sp³-hybridized carbons (Fsp3) is 0.357. The molecule has 212 valence electrons. The molecule has 0 saturated heterocycles. The van der Waals surface area contributed by atoms with Gasteiger partial charge in [-0.15, -0.1) is 0 Å². The summed E-state index contributed by atoms with van der Waals surface area (Å²) in [6.07, 6.45) is -1.48. The van der Waals surface area contributed by atoms with Crippen molar-refractivity contribution in [3.05, 3.63) is 53.8 Å². The number of halogens is 1. The van der Waals surface area contributed by atoms with Gasteiger partial charge in [-0.2, -0.15) is 5.10 Å². The van der Waals surface area contributed by atoms with Crippen molar-refractivity contribution in [2.45, 2.75) is 32.5 Å². The second kappa shape index (κ2) is 11.7. The number of amides is 1. The average molecular weight is 555 g/mol. The van der Waals surface area contributed by atoms with Gasteiger partial charge in [-0.25, -0.2) is 9.18 Å². The molecule has 0 bridgehead atoms. The summed E-state index contributed by atoms with van der Waals surface area (Å²) in [6.45, 7) is 4.96. The normalized spacial score (nSPS) is 12.3. The molecule has 0 aliphatic carbocycles. The number of methoxy groups -OCH3 is 1. The fourth-order valence-corrected chi connectivity index (χ4v) is 3.69. The SMILES string of the molecule is COC(COC(=O)OC(C)(C)C)COc1cc2[nH]nc(-c3cc(-c4ccc(C(=O)N(C)C)cc4)no3)c2cc1F. The van der Waals surface area contributed by atoms with Crippen molar-refractivity contribution in [3.63, 3.8) is 0 Å². The molecule has 1 atom stereocenters. The minimum Gasteiger partial charge on any atom is -0.488 e. The summed E-state index contributed by atoms with van der Waals surface area (Å²) in [4.78, 5) is 25.4. The molecule has 12 heteroatoms. The molecule has 1 N–H and O–H groups in total. The topological polar surface area (TPSA) is 129 Å². The number of nitrogens with zero attached hydrogens (tertiary/aromatic N) is 3. The molecule has 0 fully saturated rings. The Labute approximate surface area is 230 Å². The lowest BCUT2D eigenvalue weighted by Crippen LogP contribution is -2.30. The molecule has 1 unspecified atom stereocenters. The van der Waals surface area contributed by atoms with E-state index in [-0.39, 0.29) is 24.9 Å². The van der Waals surface area contributed by atoms with Crippen molar-refractivity contribution >= 4 is 23.0 Å². The summed E-state index contributed by atoms with van der Waals surface area (Å²) in [5.41, 5.74) is 2.03. The van der Waals surface area contributed by atoms with E-state index in [9.17, 15) is 14.0 Å². The van der Waals surface area contributed by atoms with E-state index in [1.54, 1.807) is 65.2 Å². The van der Waals surface area contributed by atoms with Gasteiger partial charge >= 0.3 is 6.16 Å². The number of carbonyl (C=O) groups is 2. The molecule has 4 aromatic rings. The highest BCUT2D eigenvalue weighted by molar-refractivity contribution is 5.95. The van der Waals surface area contributed by atoms with Crippen LogP contribution in [0.3, 0.4) is 0 Å². The minimum absolute atomic E-state index is 0.0346. The van der Waals surface area contributed by atoms with Gasteiger partial charge in [0.1, 0.15) is 36.3 Å². The van der Waals surface area contributed by atoms with E-state index in [2.05, 4.69) is 15.4 Å². The molecule has 2 aromatic carbocycles. The van der Waals surface area contributed by atoms with Gasteiger partial charge in [0.25, 0.3) is 5.91 Å². The molecule has 2 aromatic heterocycles. The van der Waals surface area contributed by atoms with Crippen LogP contribution in [-0.2, 0) is 14.2 Å². The molecule has 4 rings (SSSR count). The maximum absolute atomic E-state index is 15.0. The van der Waals surface area contributed by atoms with E-state index in [1.807, 2.05) is 0 Å². The summed E-state index contributed by atoms with van der Waals surface area (Å²) >= 11 is 0. The predicted octanol–water partition coefficient (Wildman–Crippen LogP) is 5.07. The molecule has 0 aliphatic rings. The monoisotopic (exact) mass is 554 g/mol. The molecule has 0 saturated carbocycles. The standard InChI is InChI=1S/C28H31FN4O7/c1-28(2,3)39-27(35)38-15-18(36-6)14-37-23-13-22-19(11-20(23)29)25(31-30-22)24-12-21(32-40-24)16-7-9-17(10-8-16)26(34)33(4)5/h7-13,18H,14-15H2,1-6H3,(H,30,31). The fourth-order valence-electron chi connectivity index (χ4n) is 3.69. The number of aromatic amines is 1. The second-order valence-corrected chi connectivity index (χ2v) is 10.2. The summed E-state index contributed by atoms with van der Waals surface area (Å²) < 4.78 is 41.5. The summed E-state index contributed by atoms with van der Waals surface area (Å²) in [5, 5.41) is 11.7. The van der Waals surface area contributed by atoms with E-state index in [0.29, 0.717) is 33.6 Å². The van der Waals surface area contributed by atoms with E-state index < -0.39 is 23.7 Å². The smallest absolute Gasteiger partial charge is 0.488 e. The lowest BCUT2D eigenvalue weighted by Gasteiger charge is -2.21. The first-order chi connectivity index (χ1) is 18.9. The van der Waals surface area contributed by atoms with Gasteiger partial charge in [-0.05, 0) is 39.0 Å². The van der Waals surface area contributed by atoms with Crippen molar-refractivity contribution in [2.24, 2.45) is 0 Å². The van der Waals surface area contributed by atoms with Crippen LogP contribution in [0.25, 0.3) is 33.6 Å². The molecule has 0 radical (unpaired) electrons. The summed E-state index contributed by atoms with van der Waals surface area (Å²) in [7, 11) is 4.80. The third kappa shape index (κ3) is 6.75. The second-order valence-electron chi connectivity index (χ2n) is 10.2. The maximum Gasteiger partial charge on any atom is 0.508 e. The zero-order valence-electron chi connectivity index (χ0n) is 23.1. The molecule has 1 amide bonds. The number of aromatic nitrogens is 3. The number of fused-ring (bicyclic) bond motifs is 1. The molecular formula is C28H31FN4O7.